The summed E-state index contributed by atoms with van der Waals surface area (Å²) in [4.78, 5) is 11.1. The number of aliphatic carboxylic acids is 1. The van der Waals surface area contributed by atoms with Crippen LogP contribution in [0.15, 0.2) is 24.3 Å². The van der Waals surface area contributed by atoms with Gasteiger partial charge in [-0.05, 0) is 30.5 Å². The number of carbonyl (C=O) groups is 1. The van der Waals surface area contributed by atoms with Crippen molar-refractivity contribution < 1.29 is 9.90 Å². The van der Waals surface area contributed by atoms with Gasteiger partial charge < -0.3 is 5.11 Å². The van der Waals surface area contributed by atoms with Crippen LogP contribution in [-0.2, 0) is 11.2 Å². The highest BCUT2D eigenvalue weighted by atomic mass is 35.5. The molecular weight excluding hydrogens is 236 g/mol. The van der Waals surface area contributed by atoms with Crippen molar-refractivity contribution in [2.75, 3.05) is 0 Å². The molecule has 0 saturated heterocycles. The molecule has 1 atom stereocenters. The van der Waals surface area contributed by atoms with Crippen LogP contribution in [0, 0.1) is 5.92 Å². The molecule has 0 aromatic heterocycles. The Morgan fingerprint density at radius 3 is 2.47 bits per heavy atom. The Balaban J connectivity index is 2.54. The number of carboxylic acids is 1. The molecule has 1 aromatic carbocycles. The van der Waals surface area contributed by atoms with Gasteiger partial charge in [-0.3, -0.25) is 4.79 Å². The smallest absolute Gasteiger partial charge is 0.306 e. The van der Waals surface area contributed by atoms with Gasteiger partial charge in [0.2, 0.25) is 0 Å². The summed E-state index contributed by atoms with van der Waals surface area (Å²) in [5.74, 6) is -0.973. The van der Waals surface area contributed by atoms with Crippen molar-refractivity contribution in [1.29, 1.82) is 0 Å². The standard InChI is InChI=1S/C14H19ClO2/c1-2-3-4-5-12(14(16)17)10-11-6-8-13(15)9-7-11/h6-9,12H,2-5,10H2,1H3,(H,16,17). The molecule has 1 aromatic rings. The lowest BCUT2D eigenvalue weighted by molar-refractivity contribution is -0.142. The normalized spacial score (nSPS) is 12.4. The van der Waals surface area contributed by atoms with Crippen molar-refractivity contribution in [1.82, 2.24) is 0 Å². The first-order valence-electron chi connectivity index (χ1n) is 6.10. The van der Waals surface area contributed by atoms with Crippen LogP contribution in [0.1, 0.15) is 38.2 Å². The monoisotopic (exact) mass is 254 g/mol. The predicted octanol–water partition coefficient (Wildman–Crippen LogP) is 4.16. The molecule has 2 nitrogen and oxygen atoms in total. The van der Waals surface area contributed by atoms with Crippen LogP contribution in [-0.4, -0.2) is 11.1 Å². The zero-order valence-electron chi connectivity index (χ0n) is 10.2. The van der Waals surface area contributed by atoms with Crippen LogP contribution in [0.3, 0.4) is 0 Å². The number of rotatable bonds is 7. The predicted molar refractivity (Wildman–Crippen MR) is 70.4 cm³/mol. The van der Waals surface area contributed by atoms with Crippen LogP contribution in [0.4, 0.5) is 0 Å². The van der Waals surface area contributed by atoms with Crippen LogP contribution < -0.4 is 0 Å². The molecular formula is C14H19ClO2. The molecule has 0 amide bonds. The minimum Gasteiger partial charge on any atom is -0.481 e. The van der Waals surface area contributed by atoms with E-state index in [0.717, 1.165) is 31.2 Å². The first-order valence-corrected chi connectivity index (χ1v) is 6.48. The molecule has 3 heteroatoms. The zero-order valence-corrected chi connectivity index (χ0v) is 10.9. The van der Waals surface area contributed by atoms with Crippen LogP contribution in [0.25, 0.3) is 0 Å². The third-order valence-electron chi connectivity index (χ3n) is 2.90. The van der Waals surface area contributed by atoms with E-state index >= 15 is 0 Å². The van der Waals surface area contributed by atoms with Crippen molar-refractivity contribution in [3.63, 3.8) is 0 Å². The van der Waals surface area contributed by atoms with E-state index in [-0.39, 0.29) is 5.92 Å². The van der Waals surface area contributed by atoms with Gasteiger partial charge in [0, 0.05) is 5.02 Å². The third-order valence-corrected chi connectivity index (χ3v) is 3.15. The van der Waals surface area contributed by atoms with Crippen molar-refractivity contribution in [2.24, 2.45) is 5.92 Å². The summed E-state index contributed by atoms with van der Waals surface area (Å²) in [5, 5.41) is 9.85. The Morgan fingerprint density at radius 1 is 1.29 bits per heavy atom. The van der Waals surface area contributed by atoms with Gasteiger partial charge in [-0.2, -0.15) is 0 Å². The van der Waals surface area contributed by atoms with E-state index in [2.05, 4.69) is 6.92 Å². The number of carboxylic acid groups (broad SMARTS) is 1. The van der Waals surface area contributed by atoms with Gasteiger partial charge in [0.15, 0.2) is 0 Å². The summed E-state index contributed by atoms with van der Waals surface area (Å²) in [6, 6.07) is 7.42. The van der Waals surface area contributed by atoms with E-state index < -0.39 is 5.97 Å². The van der Waals surface area contributed by atoms with Gasteiger partial charge in [-0.25, -0.2) is 0 Å². The Bertz CT molecular complexity index is 346. The van der Waals surface area contributed by atoms with Crippen molar-refractivity contribution >= 4 is 17.6 Å². The first kappa shape index (κ1) is 14.0. The molecule has 0 aliphatic carbocycles. The number of hydrogen-bond donors (Lipinski definition) is 1. The molecule has 0 aliphatic rings. The molecule has 0 heterocycles. The second-order valence-corrected chi connectivity index (χ2v) is 4.80. The molecule has 0 aliphatic heterocycles. The fraction of sp³-hybridized carbons (Fsp3) is 0.500. The second kappa shape index (κ2) is 7.33. The summed E-state index contributed by atoms with van der Waals surface area (Å²) >= 11 is 5.80. The molecule has 0 radical (unpaired) electrons. The summed E-state index contributed by atoms with van der Waals surface area (Å²) in [7, 11) is 0. The minimum atomic E-state index is -0.698. The zero-order chi connectivity index (χ0) is 12.7. The van der Waals surface area contributed by atoms with Gasteiger partial charge in [0.25, 0.3) is 0 Å². The van der Waals surface area contributed by atoms with Gasteiger partial charge in [0.05, 0.1) is 5.92 Å². The largest absolute Gasteiger partial charge is 0.481 e. The van der Waals surface area contributed by atoms with Gasteiger partial charge in [-0.15, -0.1) is 0 Å². The Labute approximate surface area is 108 Å². The van der Waals surface area contributed by atoms with E-state index in [1.807, 2.05) is 24.3 Å². The molecule has 1 N–H and O–H groups in total. The summed E-state index contributed by atoms with van der Waals surface area (Å²) in [5.41, 5.74) is 1.04. The lowest BCUT2D eigenvalue weighted by Crippen LogP contribution is -2.16. The Kier molecular flexibility index (Phi) is 6.06. The number of benzene rings is 1. The highest BCUT2D eigenvalue weighted by Crippen LogP contribution is 2.18. The molecule has 0 bridgehead atoms. The van der Waals surface area contributed by atoms with Crippen LogP contribution in [0.2, 0.25) is 5.02 Å². The lowest BCUT2D eigenvalue weighted by Gasteiger charge is -2.12. The number of unbranched alkanes of at least 4 members (excludes halogenated alkanes) is 2. The highest BCUT2D eigenvalue weighted by molar-refractivity contribution is 6.30. The molecule has 0 fully saturated rings. The second-order valence-electron chi connectivity index (χ2n) is 4.36. The molecule has 1 rings (SSSR count). The third kappa shape index (κ3) is 5.22. The van der Waals surface area contributed by atoms with E-state index in [1.165, 1.54) is 0 Å². The van der Waals surface area contributed by atoms with E-state index in [9.17, 15) is 4.79 Å². The fourth-order valence-electron chi connectivity index (χ4n) is 1.86. The topological polar surface area (TPSA) is 37.3 Å². The molecule has 0 spiro atoms. The molecule has 1 unspecified atom stereocenters. The van der Waals surface area contributed by atoms with Crippen molar-refractivity contribution in [2.45, 2.75) is 39.0 Å². The lowest BCUT2D eigenvalue weighted by atomic mass is 9.94. The van der Waals surface area contributed by atoms with E-state index in [0.29, 0.717) is 11.4 Å². The van der Waals surface area contributed by atoms with Crippen molar-refractivity contribution in [3.8, 4) is 0 Å². The molecule has 0 saturated carbocycles. The Morgan fingerprint density at radius 2 is 1.94 bits per heavy atom. The maximum absolute atomic E-state index is 11.1. The molecule has 94 valence electrons. The summed E-state index contributed by atoms with van der Waals surface area (Å²) in [6.45, 7) is 2.12. The quantitative estimate of drug-likeness (QED) is 0.742. The fourth-order valence-corrected chi connectivity index (χ4v) is 1.98. The summed E-state index contributed by atoms with van der Waals surface area (Å²) in [6.07, 6.45) is 4.56. The maximum Gasteiger partial charge on any atom is 0.306 e. The van der Waals surface area contributed by atoms with Gasteiger partial charge in [0.1, 0.15) is 0 Å². The average Bonchev–Trinajstić information content (AvgIpc) is 2.30. The van der Waals surface area contributed by atoms with Crippen LogP contribution in [0.5, 0.6) is 0 Å². The van der Waals surface area contributed by atoms with E-state index in [4.69, 9.17) is 16.7 Å². The van der Waals surface area contributed by atoms with E-state index in [1.54, 1.807) is 0 Å². The molecule has 17 heavy (non-hydrogen) atoms. The maximum atomic E-state index is 11.1. The van der Waals surface area contributed by atoms with Crippen molar-refractivity contribution in [3.05, 3.63) is 34.9 Å². The summed E-state index contributed by atoms with van der Waals surface area (Å²) < 4.78 is 0. The minimum absolute atomic E-state index is 0.275. The number of hydrogen-bond acceptors (Lipinski definition) is 1. The SMILES string of the molecule is CCCCCC(Cc1ccc(Cl)cc1)C(=O)O. The Hall–Kier alpha value is -1.02. The average molecular weight is 255 g/mol. The van der Waals surface area contributed by atoms with Crippen LogP contribution >= 0.6 is 11.6 Å². The van der Waals surface area contributed by atoms with Gasteiger partial charge >= 0.3 is 5.97 Å². The number of halogens is 1. The van der Waals surface area contributed by atoms with Gasteiger partial charge in [-0.1, -0.05) is 49.9 Å². The highest BCUT2D eigenvalue weighted by Gasteiger charge is 2.17. The first-order chi connectivity index (χ1) is 8.13.